The van der Waals surface area contributed by atoms with Gasteiger partial charge in [-0.25, -0.2) is 0 Å². The van der Waals surface area contributed by atoms with Crippen LogP contribution in [0.1, 0.15) is 40.5 Å². The van der Waals surface area contributed by atoms with E-state index >= 15 is 0 Å². The molecule has 0 bridgehead atoms. The zero-order valence-corrected chi connectivity index (χ0v) is 15.3. The van der Waals surface area contributed by atoms with Gasteiger partial charge < -0.3 is 9.80 Å². The predicted molar refractivity (Wildman–Crippen MR) is 92.0 cm³/mol. The Morgan fingerprint density at radius 3 is 2.00 bits per heavy atom. The van der Waals surface area contributed by atoms with Gasteiger partial charge in [-0.05, 0) is 24.2 Å². The molecule has 0 radical (unpaired) electrons. The minimum absolute atomic E-state index is 0.254. The number of carbonyl (C=O) groups excluding carboxylic acids is 2. The standard InChI is InChI=1S/C18H33N3O2/c1-14(2)9-17(22)20-7-5-19(6-8-20)13-18(23)21-11-15(3)10-16(4)12-21/h14-16H,5-13H2,1-4H3. The molecule has 0 saturated carbocycles. The van der Waals surface area contributed by atoms with Crippen molar-refractivity contribution in [3.63, 3.8) is 0 Å². The van der Waals surface area contributed by atoms with Gasteiger partial charge in [-0.1, -0.05) is 27.7 Å². The molecule has 2 fully saturated rings. The van der Waals surface area contributed by atoms with Crippen LogP contribution in [0.15, 0.2) is 0 Å². The van der Waals surface area contributed by atoms with Gasteiger partial charge in [-0.2, -0.15) is 0 Å². The van der Waals surface area contributed by atoms with Gasteiger partial charge in [0, 0.05) is 45.7 Å². The molecule has 0 aliphatic carbocycles. The summed E-state index contributed by atoms with van der Waals surface area (Å²) in [5, 5.41) is 0. The minimum atomic E-state index is 0.254. The number of piperidine rings is 1. The highest BCUT2D eigenvalue weighted by atomic mass is 16.2. The molecule has 2 atom stereocenters. The summed E-state index contributed by atoms with van der Waals surface area (Å²) in [5.74, 6) is 2.13. The molecule has 0 aromatic rings. The van der Waals surface area contributed by atoms with E-state index in [0.29, 0.717) is 30.7 Å². The molecule has 0 spiro atoms. The summed E-state index contributed by atoms with van der Waals surface area (Å²) in [6.07, 6.45) is 1.85. The molecule has 2 rings (SSSR count). The third-order valence-electron chi connectivity index (χ3n) is 4.89. The first-order valence-corrected chi connectivity index (χ1v) is 9.13. The van der Waals surface area contributed by atoms with E-state index in [1.54, 1.807) is 0 Å². The second-order valence-corrected chi connectivity index (χ2v) is 8.00. The highest BCUT2D eigenvalue weighted by molar-refractivity contribution is 5.78. The van der Waals surface area contributed by atoms with Crippen molar-refractivity contribution >= 4 is 11.8 Å². The van der Waals surface area contributed by atoms with E-state index in [1.807, 2.05) is 9.80 Å². The minimum Gasteiger partial charge on any atom is -0.341 e. The Balaban J connectivity index is 1.75. The number of carbonyl (C=O) groups is 2. The summed E-state index contributed by atoms with van der Waals surface area (Å²) >= 11 is 0. The van der Waals surface area contributed by atoms with Crippen molar-refractivity contribution in [3.05, 3.63) is 0 Å². The monoisotopic (exact) mass is 323 g/mol. The number of rotatable bonds is 4. The summed E-state index contributed by atoms with van der Waals surface area (Å²) in [5.41, 5.74) is 0. The van der Waals surface area contributed by atoms with Crippen LogP contribution in [-0.2, 0) is 9.59 Å². The van der Waals surface area contributed by atoms with Gasteiger partial charge in [0.2, 0.25) is 11.8 Å². The first-order valence-electron chi connectivity index (χ1n) is 9.13. The molecule has 2 amide bonds. The van der Waals surface area contributed by atoms with Crippen molar-refractivity contribution in [1.29, 1.82) is 0 Å². The Morgan fingerprint density at radius 2 is 1.48 bits per heavy atom. The van der Waals surface area contributed by atoms with Crippen molar-refractivity contribution in [3.8, 4) is 0 Å². The van der Waals surface area contributed by atoms with E-state index in [0.717, 1.165) is 39.3 Å². The van der Waals surface area contributed by atoms with Crippen LogP contribution >= 0.6 is 0 Å². The number of amides is 2. The summed E-state index contributed by atoms with van der Waals surface area (Å²) in [4.78, 5) is 30.8. The van der Waals surface area contributed by atoms with Crippen LogP contribution in [0.4, 0.5) is 0 Å². The lowest BCUT2D eigenvalue weighted by atomic mass is 9.92. The fourth-order valence-corrected chi connectivity index (χ4v) is 3.79. The maximum atomic E-state index is 12.5. The number of piperazine rings is 1. The van der Waals surface area contributed by atoms with E-state index in [9.17, 15) is 9.59 Å². The lowest BCUT2D eigenvalue weighted by Crippen LogP contribution is -2.53. The molecular formula is C18H33N3O2. The Labute approximate surface area is 141 Å². The van der Waals surface area contributed by atoms with Crippen molar-refractivity contribution in [2.24, 2.45) is 17.8 Å². The van der Waals surface area contributed by atoms with Crippen LogP contribution in [-0.4, -0.2) is 72.3 Å². The van der Waals surface area contributed by atoms with Gasteiger partial charge >= 0.3 is 0 Å². The van der Waals surface area contributed by atoms with Crippen LogP contribution in [0.2, 0.25) is 0 Å². The van der Waals surface area contributed by atoms with Gasteiger partial charge in [0.05, 0.1) is 6.54 Å². The van der Waals surface area contributed by atoms with Crippen LogP contribution in [0.5, 0.6) is 0 Å². The van der Waals surface area contributed by atoms with Crippen LogP contribution in [0.3, 0.4) is 0 Å². The average Bonchev–Trinajstić information content (AvgIpc) is 2.46. The first-order chi connectivity index (χ1) is 10.8. The van der Waals surface area contributed by atoms with Crippen LogP contribution in [0, 0.1) is 17.8 Å². The zero-order chi connectivity index (χ0) is 17.0. The second-order valence-electron chi connectivity index (χ2n) is 8.00. The van der Waals surface area contributed by atoms with Crippen molar-refractivity contribution in [2.75, 3.05) is 45.8 Å². The quantitative estimate of drug-likeness (QED) is 0.791. The molecule has 2 saturated heterocycles. The molecule has 2 aliphatic rings. The molecule has 2 unspecified atom stereocenters. The second kappa shape index (κ2) is 8.13. The number of hydrogen-bond donors (Lipinski definition) is 0. The van der Waals surface area contributed by atoms with E-state index < -0.39 is 0 Å². The van der Waals surface area contributed by atoms with Gasteiger partial charge in [-0.15, -0.1) is 0 Å². The maximum Gasteiger partial charge on any atom is 0.236 e. The normalized spacial score (nSPS) is 26.7. The highest BCUT2D eigenvalue weighted by Crippen LogP contribution is 2.21. The van der Waals surface area contributed by atoms with E-state index in [2.05, 4.69) is 32.6 Å². The molecule has 132 valence electrons. The average molecular weight is 323 g/mol. The van der Waals surface area contributed by atoms with Crippen molar-refractivity contribution in [2.45, 2.75) is 40.5 Å². The lowest BCUT2D eigenvalue weighted by Gasteiger charge is -2.38. The van der Waals surface area contributed by atoms with E-state index in [4.69, 9.17) is 0 Å². The number of hydrogen-bond acceptors (Lipinski definition) is 3. The molecule has 0 aromatic heterocycles. The SMILES string of the molecule is CC(C)CC(=O)N1CCN(CC(=O)N2CC(C)CC(C)C2)CC1. The molecule has 23 heavy (non-hydrogen) atoms. The molecule has 0 N–H and O–H groups in total. The van der Waals surface area contributed by atoms with Gasteiger partial charge in [0.15, 0.2) is 0 Å². The molecule has 5 heteroatoms. The Kier molecular flexibility index (Phi) is 6.45. The Morgan fingerprint density at radius 1 is 0.913 bits per heavy atom. The summed E-state index contributed by atoms with van der Waals surface area (Å²) < 4.78 is 0. The molecular weight excluding hydrogens is 290 g/mol. The third-order valence-corrected chi connectivity index (χ3v) is 4.89. The maximum absolute atomic E-state index is 12.5. The van der Waals surface area contributed by atoms with E-state index in [-0.39, 0.29) is 11.8 Å². The molecule has 5 nitrogen and oxygen atoms in total. The molecule has 2 aliphatic heterocycles. The first kappa shape index (κ1) is 18.2. The Hall–Kier alpha value is -1.10. The van der Waals surface area contributed by atoms with Crippen molar-refractivity contribution in [1.82, 2.24) is 14.7 Å². The summed E-state index contributed by atoms with van der Waals surface area (Å²) in [6.45, 7) is 14.1. The third kappa shape index (κ3) is 5.48. The lowest BCUT2D eigenvalue weighted by molar-refractivity contribution is -0.137. The van der Waals surface area contributed by atoms with Gasteiger partial charge in [0.1, 0.15) is 0 Å². The summed E-state index contributed by atoms with van der Waals surface area (Å²) in [6, 6.07) is 0. The van der Waals surface area contributed by atoms with E-state index in [1.165, 1.54) is 6.42 Å². The van der Waals surface area contributed by atoms with Crippen LogP contribution in [0.25, 0.3) is 0 Å². The zero-order valence-electron chi connectivity index (χ0n) is 15.3. The van der Waals surface area contributed by atoms with Crippen LogP contribution < -0.4 is 0 Å². The number of nitrogens with zero attached hydrogens (tertiary/aromatic N) is 3. The van der Waals surface area contributed by atoms with Crippen molar-refractivity contribution < 1.29 is 9.59 Å². The topological polar surface area (TPSA) is 43.9 Å². The fraction of sp³-hybridized carbons (Fsp3) is 0.889. The summed E-state index contributed by atoms with van der Waals surface area (Å²) in [7, 11) is 0. The molecule has 2 heterocycles. The smallest absolute Gasteiger partial charge is 0.236 e. The molecule has 0 aromatic carbocycles. The predicted octanol–water partition coefficient (Wildman–Crippen LogP) is 1.68. The fourth-order valence-electron chi connectivity index (χ4n) is 3.79. The van der Waals surface area contributed by atoms with Gasteiger partial charge in [0.25, 0.3) is 0 Å². The largest absolute Gasteiger partial charge is 0.341 e. The van der Waals surface area contributed by atoms with Gasteiger partial charge in [-0.3, -0.25) is 14.5 Å². The highest BCUT2D eigenvalue weighted by Gasteiger charge is 2.28. The Bertz CT molecular complexity index is 406. The number of likely N-dealkylation sites (tertiary alicyclic amines) is 1.